The molecule has 0 spiro atoms. The number of rotatable bonds is 3. The number of benzene rings is 1. The Morgan fingerprint density at radius 2 is 2.00 bits per heavy atom. The Morgan fingerprint density at radius 3 is 2.63 bits per heavy atom. The van der Waals surface area contributed by atoms with E-state index in [1.54, 1.807) is 24.3 Å². The maximum absolute atomic E-state index is 6.10. The van der Waals surface area contributed by atoms with Crippen LogP contribution in [0.15, 0.2) is 30.3 Å². The molecule has 0 aliphatic heterocycles. The van der Waals surface area contributed by atoms with Gasteiger partial charge in [0, 0.05) is 16.3 Å². The Labute approximate surface area is 126 Å². The van der Waals surface area contributed by atoms with E-state index in [0.717, 1.165) is 16.9 Å². The molecular weight excluding hydrogens is 301 g/mol. The van der Waals surface area contributed by atoms with E-state index >= 15 is 0 Å². The highest BCUT2D eigenvalue weighted by atomic mass is 35.5. The van der Waals surface area contributed by atoms with Crippen molar-refractivity contribution in [3.8, 4) is 0 Å². The number of aryl methyl sites for hydroxylation is 1. The lowest BCUT2D eigenvalue weighted by molar-refractivity contribution is 1.19. The van der Waals surface area contributed by atoms with Crippen LogP contribution in [0.25, 0.3) is 0 Å². The molecule has 0 radical (unpaired) electrons. The summed E-state index contributed by atoms with van der Waals surface area (Å²) in [5.41, 5.74) is 7.92. The van der Waals surface area contributed by atoms with Crippen LogP contribution in [0, 0.1) is 6.92 Å². The van der Waals surface area contributed by atoms with Crippen LogP contribution in [0.2, 0.25) is 10.0 Å². The van der Waals surface area contributed by atoms with Crippen molar-refractivity contribution >= 4 is 51.9 Å². The summed E-state index contributed by atoms with van der Waals surface area (Å²) >= 11 is 16.9. The van der Waals surface area contributed by atoms with E-state index in [1.165, 1.54) is 0 Å². The monoisotopic (exact) mass is 311 g/mol. The van der Waals surface area contributed by atoms with Crippen LogP contribution in [0.4, 0.5) is 11.5 Å². The van der Waals surface area contributed by atoms with Gasteiger partial charge in [-0.3, -0.25) is 0 Å². The van der Waals surface area contributed by atoms with Crippen molar-refractivity contribution in [1.82, 2.24) is 4.98 Å². The normalized spacial score (nSPS) is 10.3. The molecule has 98 valence electrons. The molecule has 2 aromatic rings. The molecule has 0 aliphatic rings. The number of aromatic nitrogens is 1. The molecule has 0 bridgehead atoms. The lowest BCUT2D eigenvalue weighted by Gasteiger charge is -2.10. The van der Waals surface area contributed by atoms with E-state index < -0.39 is 0 Å². The van der Waals surface area contributed by atoms with E-state index in [-0.39, 0.29) is 0 Å². The van der Waals surface area contributed by atoms with Crippen LogP contribution in [0.5, 0.6) is 0 Å². The van der Waals surface area contributed by atoms with Crippen LogP contribution in [0.1, 0.15) is 11.3 Å². The standard InChI is InChI=1S/C13H11Cl2N3S/c1-7-4-8(13(16)19)5-12(17-7)18-11-3-2-9(14)6-10(11)15/h2-6H,1H3,(H2,16,19)(H,17,18). The van der Waals surface area contributed by atoms with Gasteiger partial charge in [-0.1, -0.05) is 35.4 Å². The Hall–Kier alpha value is -1.36. The minimum Gasteiger partial charge on any atom is -0.389 e. The van der Waals surface area contributed by atoms with Gasteiger partial charge < -0.3 is 11.1 Å². The van der Waals surface area contributed by atoms with Crippen LogP contribution in [-0.4, -0.2) is 9.97 Å². The molecule has 19 heavy (non-hydrogen) atoms. The molecule has 0 saturated heterocycles. The fourth-order valence-electron chi connectivity index (χ4n) is 1.60. The molecule has 0 saturated carbocycles. The molecule has 0 fully saturated rings. The average molecular weight is 312 g/mol. The fourth-order valence-corrected chi connectivity index (χ4v) is 2.18. The third kappa shape index (κ3) is 3.56. The summed E-state index contributed by atoms with van der Waals surface area (Å²) in [5.74, 6) is 0.632. The highest BCUT2D eigenvalue weighted by Crippen LogP contribution is 2.28. The molecule has 0 unspecified atom stereocenters. The number of hydrogen-bond acceptors (Lipinski definition) is 3. The molecule has 2 rings (SSSR count). The summed E-state index contributed by atoms with van der Waals surface area (Å²) in [4.78, 5) is 4.69. The molecule has 1 aromatic heterocycles. The smallest absolute Gasteiger partial charge is 0.131 e. The molecule has 0 atom stereocenters. The first-order chi connectivity index (χ1) is 8.95. The minimum atomic E-state index is 0.329. The molecular formula is C13H11Cl2N3S. The Kier molecular flexibility index (Phi) is 4.24. The second-order valence-corrected chi connectivity index (χ2v) is 5.28. The van der Waals surface area contributed by atoms with Crippen LogP contribution < -0.4 is 11.1 Å². The molecule has 3 nitrogen and oxygen atoms in total. The summed E-state index contributed by atoms with van der Waals surface area (Å²) in [6, 6.07) is 8.81. The van der Waals surface area contributed by atoms with Gasteiger partial charge in [0.1, 0.15) is 10.8 Å². The van der Waals surface area contributed by atoms with Gasteiger partial charge >= 0.3 is 0 Å². The number of pyridine rings is 1. The highest BCUT2D eigenvalue weighted by molar-refractivity contribution is 7.80. The van der Waals surface area contributed by atoms with Gasteiger partial charge in [0.15, 0.2) is 0 Å². The van der Waals surface area contributed by atoms with Gasteiger partial charge in [0.05, 0.1) is 10.7 Å². The van der Waals surface area contributed by atoms with E-state index in [1.807, 2.05) is 13.0 Å². The summed E-state index contributed by atoms with van der Waals surface area (Å²) in [7, 11) is 0. The molecule has 6 heteroatoms. The Balaban J connectivity index is 2.35. The summed E-state index contributed by atoms with van der Waals surface area (Å²) in [5, 5.41) is 4.22. The highest BCUT2D eigenvalue weighted by Gasteiger charge is 2.06. The Bertz CT molecular complexity index is 644. The first kappa shape index (κ1) is 14.1. The van der Waals surface area contributed by atoms with Gasteiger partial charge in [-0.25, -0.2) is 4.98 Å². The van der Waals surface area contributed by atoms with Crippen LogP contribution in [-0.2, 0) is 0 Å². The lowest BCUT2D eigenvalue weighted by Crippen LogP contribution is -2.10. The molecule has 3 N–H and O–H groups in total. The number of nitrogens with zero attached hydrogens (tertiary/aromatic N) is 1. The number of nitrogens with one attached hydrogen (secondary N) is 1. The SMILES string of the molecule is Cc1cc(C(N)=S)cc(Nc2ccc(Cl)cc2Cl)n1. The minimum absolute atomic E-state index is 0.329. The maximum atomic E-state index is 6.10. The van der Waals surface area contributed by atoms with Crippen LogP contribution >= 0.6 is 35.4 Å². The molecule has 1 aromatic carbocycles. The zero-order valence-electron chi connectivity index (χ0n) is 10.1. The topological polar surface area (TPSA) is 50.9 Å². The van der Waals surface area contributed by atoms with Crippen molar-refractivity contribution < 1.29 is 0 Å². The lowest BCUT2D eigenvalue weighted by atomic mass is 10.2. The van der Waals surface area contributed by atoms with Crippen molar-refractivity contribution in [3.05, 3.63) is 51.6 Å². The summed E-state index contributed by atoms with van der Waals surface area (Å²) in [6.07, 6.45) is 0. The van der Waals surface area contributed by atoms with Crippen LogP contribution in [0.3, 0.4) is 0 Å². The number of halogens is 2. The molecule has 0 aliphatic carbocycles. The maximum Gasteiger partial charge on any atom is 0.131 e. The Morgan fingerprint density at radius 1 is 1.26 bits per heavy atom. The van der Waals surface area contributed by atoms with Crippen molar-refractivity contribution in [3.63, 3.8) is 0 Å². The van der Waals surface area contributed by atoms with Gasteiger partial charge in [-0.2, -0.15) is 0 Å². The zero-order valence-corrected chi connectivity index (χ0v) is 12.4. The van der Waals surface area contributed by atoms with Gasteiger partial charge in [-0.15, -0.1) is 0 Å². The third-order valence-corrected chi connectivity index (χ3v) is 3.22. The van der Waals surface area contributed by atoms with E-state index in [9.17, 15) is 0 Å². The predicted molar refractivity (Wildman–Crippen MR) is 84.6 cm³/mol. The third-order valence-electron chi connectivity index (χ3n) is 2.43. The zero-order chi connectivity index (χ0) is 14.0. The van der Waals surface area contributed by atoms with E-state index in [2.05, 4.69) is 10.3 Å². The average Bonchev–Trinajstić information content (AvgIpc) is 2.32. The number of thiocarbonyl (C=S) groups is 1. The largest absolute Gasteiger partial charge is 0.389 e. The second kappa shape index (κ2) is 5.74. The molecule has 0 amide bonds. The van der Waals surface area contributed by atoms with E-state index in [4.69, 9.17) is 41.2 Å². The molecule has 1 heterocycles. The quantitative estimate of drug-likeness (QED) is 0.839. The number of hydrogen-bond donors (Lipinski definition) is 2. The summed E-state index contributed by atoms with van der Waals surface area (Å²) < 4.78 is 0. The van der Waals surface area contributed by atoms with Gasteiger partial charge in [0.2, 0.25) is 0 Å². The fraction of sp³-hybridized carbons (Fsp3) is 0.0769. The van der Waals surface area contributed by atoms with E-state index in [0.29, 0.717) is 20.9 Å². The van der Waals surface area contributed by atoms with Crippen molar-refractivity contribution in [2.75, 3.05) is 5.32 Å². The van der Waals surface area contributed by atoms with Crippen molar-refractivity contribution in [2.45, 2.75) is 6.92 Å². The second-order valence-electron chi connectivity index (χ2n) is 4.00. The van der Waals surface area contributed by atoms with Crippen molar-refractivity contribution in [2.24, 2.45) is 5.73 Å². The van der Waals surface area contributed by atoms with Crippen molar-refractivity contribution in [1.29, 1.82) is 0 Å². The first-order valence-corrected chi connectivity index (χ1v) is 6.62. The number of anilines is 2. The number of nitrogens with two attached hydrogens (primary N) is 1. The predicted octanol–water partition coefficient (Wildman–Crippen LogP) is 4.07. The van der Waals surface area contributed by atoms with Gasteiger partial charge in [-0.05, 0) is 37.3 Å². The van der Waals surface area contributed by atoms with Gasteiger partial charge in [0.25, 0.3) is 0 Å². The summed E-state index contributed by atoms with van der Waals surface area (Å²) in [6.45, 7) is 1.87. The first-order valence-electron chi connectivity index (χ1n) is 5.46.